The Bertz CT molecular complexity index is 994. The molecule has 1 unspecified atom stereocenters. The van der Waals surface area contributed by atoms with Crippen molar-refractivity contribution in [1.29, 1.82) is 0 Å². The molecule has 0 aromatic heterocycles. The number of benzene rings is 1. The number of nitrogens with one attached hydrogen (secondary N) is 2. The first kappa shape index (κ1) is 27.4. The Labute approximate surface area is 220 Å². The number of hydrogen-bond donors (Lipinski definition) is 3. The van der Waals surface area contributed by atoms with Gasteiger partial charge >= 0.3 is 7.12 Å². The van der Waals surface area contributed by atoms with Crippen molar-refractivity contribution in [3.05, 3.63) is 35.4 Å². The van der Waals surface area contributed by atoms with Gasteiger partial charge in [-0.05, 0) is 75.1 Å². The van der Waals surface area contributed by atoms with Crippen molar-refractivity contribution in [2.75, 3.05) is 13.6 Å². The van der Waals surface area contributed by atoms with Crippen molar-refractivity contribution in [3.8, 4) is 0 Å². The van der Waals surface area contributed by atoms with E-state index in [2.05, 4.69) is 31.4 Å². The van der Waals surface area contributed by atoms with Gasteiger partial charge in [0.15, 0.2) is 0 Å². The monoisotopic (exact) mass is 519 g/mol. The Morgan fingerprint density at radius 3 is 2.53 bits per heavy atom. The number of hydrogen-bond acceptors (Lipinski definition) is 6. The third-order valence-corrected chi connectivity index (χ3v) is 9.20. The molecular formula is C26H39BClN3O5. The lowest BCUT2D eigenvalue weighted by Crippen LogP contribution is -2.65. The van der Waals surface area contributed by atoms with Crippen molar-refractivity contribution in [2.45, 2.75) is 83.3 Å². The van der Waals surface area contributed by atoms with Gasteiger partial charge in [0, 0.05) is 18.7 Å². The van der Waals surface area contributed by atoms with Crippen LogP contribution in [0.25, 0.3) is 0 Å². The van der Waals surface area contributed by atoms with Crippen LogP contribution >= 0.6 is 12.4 Å². The van der Waals surface area contributed by atoms with Crippen LogP contribution in [0.15, 0.2) is 24.3 Å². The molecule has 1 aromatic carbocycles. The van der Waals surface area contributed by atoms with Crippen LogP contribution in [0.2, 0.25) is 0 Å². The fourth-order valence-corrected chi connectivity index (χ4v) is 6.99. The Kier molecular flexibility index (Phi) is 7.54. The summed E-state index contributed by atoms with van der Waals surface area (Å²) in [6.45, 7) is 9.41. The molecule has 2 amide bonds. The molecule has 36 heavy (non-hydrogen) atoms. The number of aliphatic hydroxyl groups is 1. The second-order valence-electron chi connectivity index (χ2n) is 11.7. The van der Waals surface area contributed by atoms with Crippen molar-refractivity contribution in [1.82, 2.24) is 15.5 Å². The van der Waals surface area contributed by atoms with Gasteiger partial charge in [0.25, 0.3) is 5.91 Å². The van der Waals surface area contributed by atoms with E-state index in [0.717, 1.165) is 24.9 Å². The largest absolute Gasteiger partial charge is 0.482 e. The molecule has 5 aliphatic rings. The number of carbonyl (C=O) groups is 2. The fraction of sp³-hybridized carbons (Fsp3) is 0.692. The first-order valence-electron chi connectivity index (χ1n) is 12.9. The summed E-state index contributed by atoms with van der Waals surface area (Å²) in [5, 5.41) is 16.4. The number of nitrogens with zero attached hydrogens (tertiary/aromatic N) is 1. The molecule has 2 heterocycles. The van der Waals surface area contributed by atoms with E-state index < -0.39 is 19.3 Å². The van der Waals surface area contributed by atoms with E-state index in [4.69, 9.17) is 9.31 Å². The number of amides is 2. The Balaban J connectivity index is 0.00000304. The van der Waals surface area contributed by atoms with E-state index >= 15 is 0 Å². The molecule has 5 fully saturated rings. The summed E-state index contributed by atoms with van der Waals surface area (Å²) in [5.74, 6) is 0.162. The van der Waals surface area contributed by atoms with Crippen molar-refractivity contribution >= 4 is 31.3 Å². The summed E-state index contributed by atoms with van der Waals surface area (Å²) in [6.07, 6.45) is 1.91. The molecule has 3 aliphatic carbocycles. The van der Waals surface area contributed by atoms with Gasteiger partial charge in [-0.25, -0.2) is 0 Å². The van der Waals surface area contributed by atoms with E-state index in [1.807, 2.05) is 19.2 Å². The van der Waals surface area contributed by atoms with Crippen LogP contribution in [0, 0.1) is 17.3 Å². The molecule has 198 valence electrons. The molecule has 2 bridgehead atoms. The minimum atomic E-state index is -0.738. The summed E-state index contributed by atoms with van der Waals surface area (Å²) in [4.78, 5) is 27.8. The van der Waals surface area contributed by atoms with Crippen LogP contribution in [0.1, 0.15) is 62.9 Å². The Morgan fingerprint density at radius 2 is 1.89 bits per heavy atom. The fourth-order valence-electron chi connectivity index (χ4n) is 6.99. The minimum absolute atomic E-state index is 0. The van der Waals surface area contributed by atoms with Gasteiger partial charge in [-0.3, -0.25) is 9.59 Å². The number of rotatable bonds is 6. The van der Waals surface area contributed by atoms with Crippen LogP contribution < -0.4 is 10.6 Å². The van der Waals surface area contributed by atoms with Crippen LogP contribution in [0.3, 0.4) is 0 Å². The van der Waals surface area contributed by atoms with Gasteiger partial charge in [-0.2, -0.15) is 0 Å². The summed E-state index contributed by atoms with van der Waals surface area (Å²) < 4.78 is 13.0. The molecule has 8 nitrogen and oxygen atoms in total. The number of β-amino-alcohol motifs (C(OH)–C–C–N with tert-alkyl or cyclic N) is 1. The van der Waals surface area contributed by atoms with Gasteiger partial charge < -0.3 is 29.9 Å². The Morgan fingerprint density at radius 1 is 1.19 bits per heavy atom. The zero-order chi connectivity index (χ0) is 25.1. The maximum atomic E-state index is 13.4. The number of carbonyl (C=O) groups excluding carboxylic acids is 2. The van der Waals surface area contributed by atoms with Gasteiger partial charge in [-0.1, -0.05) is 26.0 Å². The van der Waals surface area contributed by atoms with E-state index in [1.54, 1.807) is 24.0 Å². The quantitative estimate of drug-likeness (QED) is 0.498. The first-order chi connectivity index (χ1) is 16.5. The van der Waals surface area contributed by atoms with E-state index in [9.17, 15) is 14.7 Å². The highest BCUT2D eigenvalue weighted by Crippen LogP contribution is 2.65. The molecule has 2 saturated heterocycles. The van der Waals surface area contributed by atoms with Crippen LogP contribution in [-0.2, 0) is 20.6 Å². The maximum absolute atomic E-state index is 13.4. The van der Waals surface area contributed by atoms with Gasteiger partial charge in [0.2, 0.25) is 5.91 Å². The molecule has 7 atom stereocenters. The van der Waals surface area contributed by atoms with Gasteiger partial charge in [0.1, 0.15) is 6.04 Å². The van der Waals surface area contributed by atoms with E-state index in [0.29, 0.717) is 23.8 Å². The predicted molar refractivity (Wildman–Crippen MR) is 140 cm³/mol. The van der Waals surface area contributed by atoms with Crippen LogP contribution in [-0.4, -0.2) is 72.3 Å². The molecule has 10 heteroatoms. The third kappa shape index (κ3) is 4.47. The average Bonchev–Trinajstić information content (AvgIpc) is 3.38. The van der Waals surface area contributed by atoms with E-state index in [-0.39, 0.29) is 53.8 Å². The highest BCUT2D eigenvalue weighted by molar-refractivity contribution is 6.48. The summed E-state index contributed by atoms with van der Waals surface area (Å²) in [6, 6.07) is 6.57. The SMILES string of the molecule is CNCc1ccc(C(=O)N[C@H](C)C(=O)N2C[C@@H](O)C[C@H]2B2OC3C[C@@H]4C[C@@H](C4(C)C)[C@]3(C)O2)cc1.Cl. The summed E-state index contributed by atoms with van der Waals surface area (Å²) >= 11 is 0. The standard InChI is InChI=1S/C26H38BN3O5.ClH/c1-15(29-23(32)17-8-6-16(7-9-17)13-28-5)24(33)30-14-19(31)12-22(30)27-34-21-11-18-10-20(25(18,2)3)26(21,4)35-27;/h6-9,15,18-22,28,31H,10-14H2,1-5H3,(H,29,32);1H/t15-,18+,19+,20+,21?,22+,26+;/m1./s1. The zero-order valence-electron chi connectivity index (χ0n) is 21.8. The molecule has 0 spiro atoms. The first-order valence-corrected chi connectivity index (χ1v) is 12.9. The van der Waals surface area contributed by atoms with Crippen LogP contribution in [0.5, 0.6) is 0 Å². The lowest BCUT2D eigenvalue weighted by atomic mass is 9.43. The smallest absolute Gasteiger partial charge is 0.404 e. The molecule has 2 aliphatic heterocycles. The molecule has 1 aromatic rings. The molecular weight excluding hydrogens is 481 g/mol. The second kappa shape index (κ2) is 9.91. The third-order valence-electron chi connectivity index (χ3n) is 9.20. The van der Waals surface area contributed by atoms with Gasteiger partial charge in [0.05, 0.1) is 23.8 Å². The minimum Gasteiger partial charge on any atom is -0.404 e. The van der Waals surface area contributed by atoms with Crippen molar-refractivity contribution < 1.29 is 24.0 Å². The van der Waals surface area contributed by atoms with E-state index in [1.165, 1.54) is 0 Å². The lowest BCUT2D eigenvalue weighted by Gasteiger charge is -2.64. The van der Waals surface area contributed by atoms with Crippen molar-refractivity contribution in [3.63, 3.8) is 0 Å². The number of aliphatic hydroxyl groups excluding tert-OH is 1. The molecule has 3 saturated carbocycles. The number of likely N-dealkylation sites (tertiary alicyclic amines) is 1. The second-order valence-corrected chi connectivity index (χ2v) is 11.7. The highest BCUT2D eigenvalue weighted by Gasteiger charge is 2.69. The summed E-state index contributed by atoms with van der Waals surface area (Å²) in [7, 11) is 1.30. The normalized spacial score (nSPS) is 34.9. The summed E-state index contributed by atoms with van der Waals surface area (Å²) in [5.41, 5.74) is 1.44. The van der Waals surface area contributed by atoms with Gasteiger partial charge in [-0.15, -0.1) is 12.4 Å². The molecule has 0 radical (unpaired) electrons. The molecule has 6 rings (SSSR count). The zero-order valence-corrected chi connectivity index (χ0v) is 22.6. The van der Waals surface area contributed by atoms with Crippen molar-refractivity contribution in [2.24, 2.45) is 17.3 Å². The average molecular weight is 520 g/mol. The highest BCUT2D eigenvalue weighted by atomic mass is 35.5. The van der Waals surface area contributed by atoms with Crippen LogP contribution in [0.4, 0.5) is 0 Å². The maximum Gasteiger partial charge on any atom is 0.482 e. The molecule has 3 N–H and O–H groups in total. The lowest BCUT2D eigenvalue weighted by molar-refractivity contribution is -0.199. The Hall–Kier alpha value is -1.65. The number of halogens is 1. The predicted octanol–water partition coefficient (Wildman–Crippen LogP) is 2.18. The topological polar surface area (TPSA) is 100 Å².